The van der Waals surface area contributed by atoms with E-state index in [0.29, 0.717) is 5.69 Å². The van der Waals surface area contributed by atoms with Crippen molar-refractivity contribution in [3.63, 3.8) is 0 Å². The normalized spacial score (nSPS) is 24.8. The number of aliphatic hydroxyl groups excluding tert-OH is 1. The maximum Gasteiger partial charge on any atom is 0.258 e. The van der Waals surface area contributed by atoms with E-state index in [9.17, 15) is 23.1 Å². The van der Waals surface area contributed by atoms with Crippen molar-refractivity contribution >= 4 is 33.1 Å². The Labute approximate surface area is 258 Å². The van der Waals surface area contributed by atoms with Crippen LogP contribution in [0.3, 0.4) is 0 Å². The Morgan fingerprint density at radius 3 is 2.58 bits per heavy atom. The molecular formula is C31H26F3N5O5S. The highest BCUT2D eigenvalue weighted by Crippen LogP contribution is 2.40. The summed E-state index contributed by atoms with van der Waals surface area (Å²) < 4.78 is 62.3. The smallest absolute Gasteiger partial charge is 0.258 e. The maximum absolute atomic E-state index is 14.0. The Morgan fingerprint density at radius 1 is 1.07 bits per heavy atom. The zero-order valence-corrected chi connectivity index (χ0v) is 24.7. The molecule has 14 heteroatoms. The molecule has 232 valence electrons. The van der Waals surface area contributed by atoms with E-state index >= 15 is 0 Å². The minimum Gasteiger partial charge on any atom is -0.387 e. The molecule has 2 fully saturated rings. The van der Waals surface area contributed by atoms with Gasteiger partial charge in [0, 0.05) is 23.9 Å². The van der Waals surface area contributed by atoms with Gasteiger partial charge in [-0.15, -0.1) is 16.4 Å². The fraction of sp³-hybridized carbons (Fsp3) is 0.290. The first-order valence-corrected chi connectivity index (χ1v) is 14.9. The summed E-state index contributed by atoms with van der Waals surface area (Å²) in [5, 5.41) is 20.8. The molecule has 2 saturated heterocycles. The zero-order valence-electron chi connectivity index (χ0n) is 23.9. The molecule has 3 aromatic carbocycles. The van der Waals surface area contributed by atoms with Crippen LogP contribution in [0, 0.1) is 24.4 Å². The molecular weight excluding hydrogens is 611 g/mol. The van der Waals surface area contributed by atoms with Crippen LogP contribution in [0.1, 0.15) is 22.9 Å². The highest BCUT2D eigenvalue weighted by Gasteiger charge is 2.53. The SMILES string of the molecule is Cc1nc2ccc(N(C)C(=O)[C@@H]3O[C@@H]4CO[C@H](c5ccccc5)O[C@@H]4[C@H](n4cc(-c5cc(F)c(F)c(F)c5)nn4)[C@H]3O)cc2s1. The average molecular weight is 638 g/mol. The van der Waals surface area contributed by atoms with Gasteiger partial charge in [-0.3, -0.25) is 4.79 Å². The van der Waals surface area contributed by atoms with Gasteiger partial charge in [0.25, 0.3) is 5.91 Å². The van der Waals surface area contributed by atoms with E-state index in [1.807, 2.05) is 49.4 Å². The number of halogens is 3. The van der Waals surface area contributed by atoms with E-state index in [1.165, 1.54) is 27.1 Å². The van der Waals surface area contributed by atoms with Gasteiger partial charge < -0.3 is 24.2 Å². The topological polar surface area (TPSA) is 112 Å². The van der Waals surface area contributed by atoms with Crippen LogP contribution in [0.15, 0.2) is 66.9 Å². The molecule has 0 bridgehead atoms. The molecule has 5 aromatic rings. The molecule has 2 aromatic heterocycles. The molecule has 10 nitrogen and oxygen atoms in total. The molecule has 2 aliphatic rings. The van der Waals surface area contributed by atoms with Crippen molar-refractivity contribution in [2.24, 2.45) is 0 Å². The summed E-state index contributed by atoms with van der Waals surface area (Å²) in [6.45, 7) is 1.93. The Balaban J connectivity index is 1.23. The Morgan fingerprint density at radius 2 is 1.82 bits per heavy atom. The lowest BCUT2D eigenvalue weighted by atomic mass is 9.91. The number of carbonyl (C=O) groups excluding carboxylic acids is 1. The first-order chi connectivity index (χ1) is 21.7. The van der Waals surface area contributed by atoms with Gasteiger partial charge in [0.05, 0.1) is 28.0 Å². The summed E-state index contributed by atoms with van der Waals surface area (Å²) >= 11 is 1.50. The van der Waals surface area contributed by atoms with Crippen molar-refractivity contribution in [1.82, 2.24) is 20.0 Å². The molecule has 0 saturated carbocycles. The molecule has 1 N–H and O–H groups in total. The van der Waals surface area contributed by atoms with Crippen molar-refractivity contribution in [1.29, 1.82) is 0 Å². The number of anilines is 1. The molecule has 1 amide bonds. The predicted octanol–water partition coefficient (Wildman–Crippen LogP) is 4.73. The van der Waals surface area contributed by atoms with Crippen molar-refractivity contribution in [2.45, 2.75) is 43.7 Å². The fourth-order valence-corrected chi connectivity index (χ4v) is 6.58. The third-order valence-electron chi connectivity index (χ3n) is 7.98. The van der Waals surface area contributed by atoms with Gasteiger partial charge in [-0.2, -0.15) is 0 Å². The highest BCUT2D eigenvalue weighted by molar-refractivity contribution is 7.18. The number of hydrogen-bond acceptors (Lipinski definition) is 9. The average Bonchev–Trinajstić information content (AvgIpc) is 3.68. The quantitative estimate of drug-likeness (QED) is 0.276. The fourth-order valence-electron chi connectivity index (χ4n) is 5.72. The summed E-state index contributed by atoms with van der Waals surface area (Å²) in [6, 6.07) is 15.2. The van der Waals surface area contributed by atoms with E-state index in [0.717, 1.165) is 32.9 Å². The molecule has 45 heavy (non-hydrogen) atoms. The second-order valence-electron chi connectivity index (χ2n) is 10.9. The van der Waals surface area contributed by atoms with Crippen LogP contribution in [-0.2, 0) is 19.0 Å². The second-order valence-corrected chi connectivity index (χ2v) is 12.1. The van der Waals surface area contributed by atoms with Crippen LogP contribution >= 0.6 is 11.3 Å². The van der Waals surface area contributed by atoms with Crippen molar-refractivity contribution in [3.8, 4) is 11.3 Å². The van der Waals surface area contributed by atoms with Crippen LogP contribution in [-0.4, -0.2) is 69.1 Å². The lowest BCUT2D eigenvalue weighted by Gasteiger charge is -2.48. The molecule has 0 unspecified atom stereocenters. The third-order valence-corrected chi connectivity index (χ3v) is 8.92. The largest absolute Gasteiger partial charge is 0.387 e. The predicted molar refractivity (Wildman–Crippen MR) is 157 cm³/mol. The van der Waals surface area contributed by atoms with Crippen LogP contribution in [0.2, 0.25) is 0 Å². The van der Waals surface area contributed by atoms with E-state index in [4.69, 9.17) is 14.2 Å². The van der Waals surface area contributed by atoms with Gasteiger partial charge in [0.2, 0.25) is 0 Å². The lowest BCUT2D eigenvalue weighted by Crippen LogP contribution is -2.62. The number of aryl methyl sites for hydroxylation is 1. The number of aromatic nitrogens is 4. The van der Waals surface area contributed by atoms with Crippen LogP contribution in [0.4, 0.5) is 18.9 Å². The summed E-state index contributed by atoms with van der Waals surface area (Å²) in [5.41, 5.74) is 2.07. The zero-order chi connectivity index (χ0) is 31.4. The number of ether oxygens (including phenoxy) is 3. The third kappa shape index (κ3) is 5.38. The van der Waals surface area contributed by atoms with Gasteiger partial charge in [0.1, 0.15) is 30.0 Å². The minimum atomic E-state index is -1.61. The summed E-state index contributed by atoms with van der Waals surface area (Å²) in [6.07, 6.45) is -4.00. The van der Waals surface area contributed by atoms with E-state index in [1.54, 1.807) is 13.1 Å². The van der Waals surface area contributed by atoms with Crippen molar-refractivity contribution in [3.05, 3.63) is 94.9 Å². The molecule has 0 radical (unpaired) electrons. The van der Waals surface area contributed by atoms with Gasteiger partial charge in [-0.05, 0) is 37.3 Å². The van der Waals surface area contributed by atoms with Gasteiger partial charge in [-0.1, -0.05) is 35.5 Å². The number of carbonyl (C=O) groups is 1. The minimum absolute atomic E-state index is 0.0165. The summed E-state index contributed by atoms with van der Waals surface area (Å²) in [5.74, 6) is -4.90. The second kappa shape index (κ2) is 11.6. The number of amides is 1. The number of hydrogen-bond donors (Lipinski definition) is 1. The number of thiazole rings is 1. The van der Waals surface area contributed by atoms with Crippen LogP contribution < -0.4 is 4.90 Å². The number of rotatable bonds is 5. The van der Waals surface area contributed by atoms with E-state index in [-0.39, 0.29) is 17.9 Å². The Hall–Kier alpha value is -4.21. The summed E-state index contributed by atoms with van der Waals surface area (Å²) in [4.78, 5) is 19.8. The van der Waals surface area contributed by atoms with E-state index in [2.05, 4.69) is 15.3 Å². The van der Waals surface area contributed by atoms with Gasteiger partial charge >= 0.3 is 0 Å². The number of benzene rings is 3. The van der Waals surface area contributed by atoms with Crippen molar-refractivity contribution < 1.29 is 37.3 Å². The molecule has 0 aliphatic carbocycles. The Bertz CT molecular complexity index is 1870. The van der Waals surface area contributed by atoms with Gasteiger partial charge in [0.15, 0.2) is 29.8 Å². The van der Waals surface area contributed by atoms with E-state index < -0.39 is 60.1 Å². The number of fused-ring (bicyclic) bond motifs is 2. The summed E-state index contributed by atoms with van der Waals surface area (Å²) in [7, 11) is 1.58. The standard InChI is InChI=1S/C31H26F3N5O5S/c1-15-35-21-9-8-18(12-24(21)45-15)38(2)30(41)29-27(40)26(28-23(43-29)14-42-31(44-28)16-6-4-3-5-7-16)39-13-22(36-37-39)17-10-19(32)25(34)20(33)11-17/h3-13,23,26-29,31,40H,14H2,1-2H3/t23-,26-,27-,28+,29-,31+/m1/s1. The molecule has 7 rings (SSSR count). The Kier molecular flexibility index (Phi) is 7.61. The van der Waals surface area contributed by atoms with Gasteiger partial charge in [-0.25, -0.2) is 22.8 Å². The number of likely N-dealkylation sites (N-methyl/N-ethyl adjacent to an activating group) is 1. The number of aliphatic hydroxyl groups is 1. The monoisotopic (exact) mass is 637 g/mol. The lowest BCUT2D eigenvalue weighted by molar-refractivity contribution is -0.312. The highest BCUT2D eigenvalue weighted by atomic mass is 32.1. The molecule has 4 heterocycles. The van der Waals surface area contributed by atoms with Crippen LogP contribution in [0.25, 0.3) is 21.5 Å². The maximum atomic E-state index is 14.0. The first kappa shape index (κ1) is 29.5. The first-order valence-electron chi connectivity index (χ1n) is 14.0. The number of nitrogens with zero attached hydrogens (tertiary/aromatic N) is 5. The van der Waals surface area contributed by atoms with Crippen LogP contribution in [0.5, 0.6) is 0 Å². The molecule has 2 aliphatic heterocycles. The molecule has 6 atom stereocenters. The van der Waals surface area contributed by atoms with Crippen molar-refractivity contribution in [2.75, 3.05) is 18.6 Å². The molecule has 0 spiro atoms.